The molecule has 14 heavy (non-hydrogen) atoms. The van der Waals surface area contributed by atoms with Crippen LogP contribution in [-0.4, -0.2) is 17.2 Å². The molecule has 0 unspecified atom stereocenters. The minimum absolute atomic E-state index is 0.0255. The topological polar surface area (TPSA) is 59.1 Å². The quantitative estimate of drug-likeness (QED) is 0.728. The molecule has 0 aromatic carbocycles. The number of hydrogen-bond acceptors (Lipinski definition) is 3. The molecule has 1 rings (SSSR count). The van der Waals surface area contributed by atoms with E-state index in [-0.39, 0.29) is 6.29 Å². The molecule has 0 spiro atoms. The largest absolute Gasteiger partial charge is 0.308 e. The highest BCUT2D eigenvalue weighted by molar-refractivity contribution is 5.89. The van der Waals surface area contributed by atoms with Crippen molar-refractivity contribution in [1.82, 2.24) is 4.98 Å². The fourth-order valence-corrected chi connectivity index (χ4v) is 0.842. The molecule has 1 aromatic rings. The van der Waals surface area contributed by atoms with E-state index in [1.54, 1.807) is 0 Å². The summed E-state index contributed by atoms with van der Waals surface area (Å²) in [6.07, 6.45) is 0.690. The van der Waals surface area contributed by atoms with E-state index in [1.165, 1.54) is 0 Å². The van der Waals surface area contributed by atoms with E-state index >= 15 is 0 Å². The van der Waals surface area contributed by atoms with Crippen LogP contribution in [0.2, 0.25) is 0 Å². The lowest BCUT2D eigenvalue weighted by Crippen LogP contribution is -2.11. The smallest absolute Gasteiger partial charge is 0.222 e. The number of aldehydes is 1. The summed E-state index contributed by atoms with van der Waals surface area (Å²) < 4.78 is 25.9. The van der Waals surface area contributed by atoms with Gasteiger partial charge in [0.25, 0.3) is 0 Å². The van der Waals surface area contributed by atoms with Crippen LogP contribution in [0.5, 0.6) is 0 Å². The Balaban J connectivity index is 3.20. The first-order valence-corrected chi connectivity index (χ1v) is 3.63. The van der Waals surface area contributed by atoms with E-state index in [1.807, 2.05) is 5.32 Å². The Kier molecular flexibility index (Phi) is 2.85. The maximum Gasteiger partial charge on any atom is 0.222 e. The maximum atomic E-state index is 13.1. The second-order valence-electron chi connectivity index (χ2n) is 2.48. The monoisotopic (exact) mass is 200 g/mol. The second kappa shape index (κ2) is 3.91. The van der Waals surface area contributed by atoms with Crippen molar-refractivity contribution in [3.8, 4) is 0 Å². The second-order valence-corrected chi connectivity index (χ2v) is 2.48. The summed E-state index contributed by atoms with van der Waals surface area (Å²) in [6, 6.07) is 0. The lowest BCUT2D eigenvalue weighted by molar-refractivity contribution is -0.114. The third kappa shape index (κ3) is 1.90. The standard InChI is InChI=1S/C8H6F2N2O2/c1-4(14)12-8-7(10)5(3-13)6(9)2-11-8/h2-3H,1H3,(H,11,12,14). The van der Waals surface area contributed by atoms with Gasteiger partial charge in [0.05, 0.1) is 11.8 Å². The normalized spacial score (nSPS) is 9.64. The number of amides is 1. The zero-order valence-electron chi connectivity index (χ0n) is 7.17. The molecule has 1 amide bonds. The van der Waals surface area contributed by atoms with Crippen molar-refractivity contribution in [2.45, 2.75) is 6.92 Å². The average Bonchev–Trinajstić information content (AvgIpc) is 2.10. The van der Waals surface area contributed by atoms with Crippen LogP contribution in [0.15, 0.2) is 6.20 Å². The van der Waals surface area contributed by atoms with Crippen molar-refractivity contribution in [2.24, 2.45) is 0 Å². The number of hydrogen-bond donors (Lipinski definition) is 1. The molecule has 0 aliphatic heterocycles. The first kappa shape index (κ1) is 10.2. The van der Waals surface area contributed by atoms with Crippen molar-refractivity contribution < 1.29 is 18.4 Å². The van der Waals surface area contributed by atoms with Gasteiger partial charge in [-0.05, 0) is 0 Å². The van der Waals surface area contributed by atoms with Gasteiger partial charge in [0.15, 0.2) is 23.7 Å². The van der Waals surface area contributed by atoms with E-state index in [0.29, 0.717) is 6.20 Å². The Morgan fingerprint density at radius 1 is 1.57 bits per heavy atom. The number of rotatable bonds is 2. The van der Waals surface area contributed by atoms with Gasteiger partial charge in [0, 0.05) is 6.92 Å². The molecule has 1 aromatic heterocycles. The van der Waals surface area contributed by atoms with Gasteiger partial charge in [-0.15, -0.1) is 0 Å². The van der Waals surface area contributed by atoms with Crippen molar-refractivity contribution in [3.63, 3.8) is 0 Å². The van der Waals surface area contributed by atoms with Crippen molar-refractivity contribution in [2.75, 3.05) is 5.32 Å². The van der Waals surface area contributed by atoms with Gasteiger partial charge in [-0.3, -0.25) is 9.59 Å². The molecule has 6 heteroatoms. The summed E-state index contributed by atoms with van der Waals surface area (Å²) in [4.78, 5) is 24.1. The Hall–Kier alpha value is -1.85. The van der Waals surface area contributed by atoms with Gasteiger partial charge in [0.1, 0.15) is 0 Å². The van der Waals surface area contributed by atoms with Crippen LogP contribution in [0.1, 0.15) is 17.3 Å². The fourth-order valence-electron chi connectivity index (χ4n) is 0.842. The number of carbonyl (C=O) groups excluding carboxylic acids is 2. The summed E-state index contributed by atoms with van der Waals surface area (Å²) >= 11 is 0. The average molecular weight is 200 g/mol. The number of halogens is 2. The van der Waals surface area contributed by atoms with Crippen LogP contribution in [-0.2, 0) is 4.79 Å². The Labute approximate surface area is 77.9 Å². The van der Waals surface area contributed by atoms with Gasteiger partial charge in [-0.2, -0.15) is 0 Å². The molecule has 0 bridgehead atoms. The zero-order chi connectivity index (χ0) is 10.7. The van der Waals surface area contributed by atoms with Crippen LogP contribution in [0.4, 0.5) is 14.6 Å². The number of pyridine rings is 1. The molecule has 4 nitrogen and oxygen atoms in total. The third-order valence-corrected chi connectivity index (χ3v) is 1.42. The molecular formula is C8H6F2N2O2. The van der Waals surface area contributed by atoms with Gasteiger partial charge >= 0.3 is 0 Å². The molecule has 0 aliphatic rings. The van der Waals surface area contributed by atoms with E-state index in [4.69, 9.17) is 0 Å². The van der Waals surface area contributed by atoms with E-state index in [2.05, 4.69) is 4.98 Å². The number of nitrogens with one attached hydrogen (secondary N) is 1. The van der Waals surface area contributed by atoms with Crippen molar-refractivity contribution in [1.29, 1.82) is 0 Å². The van der Waals surface area contributed by atoms with E-state index in [9.17, 15) is 18.4 Å². The molecule has 0 saturated carbocycles. The Morgan fingerprint density at radius 2 is 2.21 bits per heavy atom. The van der Waals surface area contributed by atoms with Crippen molar-refractivity contribution >= 4 is 18.0 Å². The van der Waals surface area contributed by atoms with Gasteiger partial charge in [0.2, 0.25) is 5.91 Å². The van der Waals surface area contributed by atoms with Crippen LogP contribution >= 0.6 is 0 Å². The predicted molar refractivity (Wildman–Crippen MR) is 43.8 cm³/mol. The number of anilines is 1. The van der Waals surface area contributed by atoms with Crippen LogP contribution < -0.4 is 5.32 Å². The summed E-state index contributed by atoms with van der Waals surface area (Å²) in [6.45, 7) is 1.14. The molecule has 0 atom stereocenters. The molecular weight excluding hydrogens is 194 g/mol. The number of carbonyl (C=O) groups is 2. The first-order valence-electron chi connectivity index (χ1n) is 3.63. The molecule has 74 valence electrons. The minimum atomic E-state index is -1.17. The molecule has 1 heterocycles. The third-order valence-electron chi connectivity index (χ3n) is 1.42. The van der Waals surface area contributed by atoms with Crippen LogP contribution in [0, 0.1) is 11.6 Å². The van der Waals surface area contributed by atoms with E-state index in [0.717, 1.165) is 6.92 Å². The van der Waals surface area contributed by atoms with Crippen LogP contribution in [0.25, 0.3) is 0 Å². The Bertz CT molecular complexity index is 393. The fraction of sp³-hybridized carbons (Fsp3) is 0.125. The number of nitrogens with zero attached hydrogens (tertiary/aromatic N) is 1. The molecule has 1 N–H and O–H groups in total. The predicted octanol–water partition coefficient (Wildman–Crippen LogP) is 1.13. The summed E-state index contributed by atoms with van der Waals surface area (Å²) in [5, 5.41) is 2.02. The maximum absolute atomic E-state index is 13.1. The van der Waals surface area contributed by atoms with Gasteiger partial charge in [-0.25, -0.2) is 13.8 Å². The van der Waals surface area contributed by atoms with Gasteiger partial charge in [-0.1, -0.05) is 0 Å². The molecule has 0 saturated heterocycles. The summed E-state index contributed by atoms with van der Waals surface area (Å²) in [5.74, 6) is -3.25. The van der Waals surface area contributed by atoms with Gasteiger partial charge < -0.3 is 5.32 Å². The highest BCUT2D eigenvalue weighted by Gasteiger charge is 2.14. The van der Waals surface area contributed by atoms with E-state index < -0.39 is 28.9 Å². The summed E-state index contributed by atoms with van der Waals surface area (Å²) in [5.41, 5.74) is -0.747. The summed E-state index contributed by atoms with van der Waals surface area (Å²) in [7, 11) is 0. The molecule has 0 fully saturated rings. The SMILES string of the molecule is CC(=O)Nc1ncc(F)c(C=O)c1F. The lowest BCUT2D eigenvalue weighted by Gasteiger charge is -2.04. The zero-order valence-corrected chi connectivity index (χ0v) is 7.17. The highest BCUT2D eigenvalue weighted by Crippen LogP contribution is 2.16. The van der Waals surface area contributed by atoms with Crippen molar-refractivity contribution in [3.05, 3.63) is 23.4 Å². The molecule has 0 radical (unpaired) electrons. The van der Waals surface area contributed by atoms with Crippen LogP contribution in [0.3, 0.4) is 0 Å². The highest BCUT2D eigenvalue weighted by atomic mass is 19.1. The molecule has 0 aliphatic carbocycles. The Morgan fingerprint density at radius 3 is 2.71 bits per heavy atom. The number of aromatic nitrogens is 1. The first-order chi connectivity index (χ1) is 6.56. The lowest BCUT2D eigenvalue weighted by atomic mass is 10.2. The minimum Gasteiger partial charge on any atom is -0.308 e.